The average molecular weight is 347 g/mol. The highest BCUT2D eigenvalue weighted by atomic mass is 35.5. The number of nitrogens with zero attached hydrogens (tertiary/aromatic N) is 2. The first kappa shape index (κ1) is 16.4. The van der Waals surface area contributed by atoms with Gasteiger partial charge in [0.05, 0.1) is 22.8 Å². The van der Waals surface area contributed by atoms with Crippen LogP contribution in [0.4, 0.5) is 15.9 Å². The predicted molar refractivity (Wildman–Crippen MR) is 90.4 cm³/mol. The Morgan fingerprint density at radius 2 is 2.17 bits per heavy atom. The molecule has 3 aromatic rings. The lowest BCUT2D eigenvalue weighted by atomic mass is 10.2. The molecule has 0 aliphatic heterocycles. The van der Waals surface area contributed by atoms with E-state index in [0.717, 1.165) is 0 Å². The minimum atomic E-state index is -0.533. The molecule has 5 nitrogen and oxygen atoms in total. The molecular formula is C17H14ClFN3O2. The molecule has 0 aliphatic rings. The number of hydrogen-bond acceptors (Lipinski definition) is 5. The Hall–Kier alpha value is -2.44. The molecule has 2 aromatic carbocycles. The van der Waals surface area contributed by atoms with Gasteiger partial charge in [-0.2, -0.15) is 0 Å². The van der Waals surface area contributed by atoms with Gasteiger partial charge >= 0.3 is 0 Å². The summed E-state index contributed by atoms with van der Waals surface area (Å²) in [6, 6.07) is 11.2. The van der Waals surface area contributed by atoms with E-state index in [1.54, 1.807) is 31.4 Å². The Morgan fingerprint density at radius 1 is 1.29 bits per heavy atom. The first-order chi connectivity index (χ1) is 11.7. The summed E-state index contributed by atoms with van der Waals surface area (Å²) in [6.07, 6.45) is 1.39. The molecule has 123 valence electrons. The summed E-state index contributed by atoms with van der Waals surface area (Å²) in [5, 5.41) is 3.67. The minimum absolute atomic E-state index is 0.0405. The largest absolute Gasteiger partial charge is 0.490 e. The Bertz CT molecular complexity index is 860. The molecule has 1 radical (unpaired) electrons. The van der Waals surface area contributed by atoms with Crippen molar-refractivity contribution >= 4 is 34.0 Å². The lowest BCUT2D eigenvalue weighted by molar-refractivity contribution is 0.146. The van der Waals surface area contributed by atoms with Crippen LogP contribution in [0.3, 0.4) is 0 Å². The van der Waals surface area contributed by atoms with Crippen LogP contribution < -0.4 is 10.1 Å². The fourth-order valence-electron chi connectivity index (χ4n) is 2.12. The van der Waals surface area contributed by atoms with E-state index in [1.165, 1.54) is 12.4 Å². The maximum atomic E-state index is 14.0. The predicted octanol–water partition coefficient (Wildman–Crippen LogP) is 3.99. The number of nitrogens with one attached hydrogen (secondary N) is 1. The zero-order valence-corrected chi connectivity index (χ0v) is 13.6. The number of benzene rings is 2. The fraction of sp³-hybridized carbons (Fsp3) is 0.176. The second kappa shape index (κ2) is 7.42. The Morgan fingerprint density at radius 3 is 3.00 bits per heavy atom. The summed E-state index contributed by atoms with van der Waals surface area (Å²) in [4.78, 5) is 8.38. The average Bonchev–Trinajstić information content (AvgIpc) is 2.59. The van der Waals surface area contributed by atoms with Gasteiger partial charge in [-0.3, -0.25) is 0 Å². The van der Waals surface area contributed by atoms with Gasteiger partial charge in [-0.15, -0.1) is 0 Å². The normalized spacial score (nSPS) is 10.8. The van der Waals surface area contributed by atoms with Gasteiger partial charge in [0.25, 0.3) is 0 Å². The summed E-state index contributed by atoms with van der Waals surface area (Å²) in [7, 11) is 1.60. The molecule has 1 aromatic heterocycles. The van der Waals surface area contributed by atoms with Crippen LogP contribution in [0.2, 0.25) is 5.02 Å². The van der Waals surface area contributed by atoms with Crippen molar-refractivity contribution in [3.63, 3.8) is 0 Å². The Balaban J connectivity index is 1.90. The van der Waals surface area contributed by atoms with Gasteiger partial charge in [0.1, 0.15) is 24.5 Å². The Kier molecular flexibility index (Phi) is 5.08. The minimum Gasteiger partial charge on any atom is -0.490 e. The van der Waals surface area contributed by atoms with Crippen molar-refractivity contribution < 1.29 is 13.9 Å². The number of methoxy groups -OCH3 is 1. The number of halogens is 2. The number of hydrogen-bond donors (Lipinski definition) is 1. The van der Waals surface area contributed by atoms with E-state index in [2.05, 4.69) is 21.4 Å². The highest BCUT2D eigenvalue weighted by Crippen LogP contribution is 2.29. The van der Waals surface area contributed by atoms with Crippen LogP contribution in [0.1, 0.15) is 0 Å². The number of aromatic nitrogens is 2. The van der Waals surface area contributed by atoms with Gasteiger partial charge in [0.15, 0.2) is 5.82 Å². The van der Waals surface area contributed by atoms with Crippen molar-refractivity contribution in [2.45, 2.75) is 0 Å². The number of anilines is 2. The van der Waals surface area contributed by atoms with Crippen molar-refractivity contribution in [3.05, 3.63) is 53.6 Å². The van der Waals surface area contributed by atoms with Gasteiger partial charge in [0.2, 0.25) is 0 Å². The van der Waals surface area contributed by atoms with Crippen LogP contribution in [-0.2, 0) is 4.74 Å². The zero-order chi connectivity index (χ0) is 16.9. The highest BCUT2D eigenvalue weighted by molar-refractivity contribution is 6.31. The molecule has 7 heteroatoms. The molecular weight excluding hydrogens is 333 g/mol. The number of fused-ring (bicyclic) bond motifs is 1. The quantitative estimate of drug-likeness (QED) is 0.684. The molecule has 0 unspecified atom stereocenters. The Labute approximate surface area is 143 Å². The molecule has 0 aliphatic carbocycles. The smallest absolute Gasteiger partial charge is 0.165 e. The van der Waals surface area contributed by atoms with Gasteiger partial charge < -0.3 is 14.8 Å². The van der Waals surface area contributed by atoms with Crippen LogP contribution in [-0.4, -0.2) is 30.3 Å². The molecule has 0 fully saturated rings. The van der Waals surface area contributed by atoms with E-state index in [1.807, 2.05) is 0 Å². The van der Waals surface area contributed by atoms with Crippen LogP contribution in [0.15, 0.2) is 36.7 Å². The molecule has 0 saturated heterocycles. The summed E-state index contributed by atoms with van der Waals surface area (Å²) >= 11 is 5.80. The van der Waals surface area contributed by atoms with Gasteiger partial charge in [-0.05, 0) is 18.2 Å². The maximum Gasteiger partial charge on any atom is 0.165 e. The van der Waals surface area contributed by atoms with Gasteiger partial charge in [0, 0.05) is 24.6 Å². The zero-order valence-electron chi connectivity index (χ0n) is 12.8. The molecule has 0 amide bonds. The van der Waals surface area contributed by atoms with Crippen molar-refractivity contribution in [2.24, 2.45) is 0 Å². The first-order valence-electron chi connectivity index (χ1n) is 7.18. The van der Waals surface area contributed by atoms with Crippen molar-refractivity contribution in [1.82, 2.24) is 9.97 Å². The number of rotatable bonds is 6. The molecule has 0 atom stereocenters. The monoisotopic (exact) mass is 346 g/mol. The summed E-state index contributed by atoms with van der Waals surface area (Å²) in [5.74, 6) is 0.480. The maximum absolute atomic E-state index is 14.0. The molecule has 3 rings (SSSR count). The summed E-state index contributed by atoms with van der Waals surface area (Å²) in [5.41, 5.74) is 0.893. The second-order valence-corrected chi connectivity index (χ2v) is 5.29. The lowest BCUT2D eigenvalue weighted by Gasteiger charge is -2.11. The van der Waals surface area contributed by atoms with Crippen molar-refractivity contribution in [3.8, 4) is 5.75 Å². The topological polar surface area (TPSA) is 56.3 Å². The number of ether oxygens (including phenoxy) is 2. The van der Waals surface area contributed by atoms with Gasteiger partial charge in [-0.1, -0.05) is 17.7 Å². The van der Waals surface area contributed by atoms with Crippen LogP contribution in [0.25, 0.3) is 10.9 Å². The molecule has 24 heavy (non-hydrogen) atoms. The summed E-state index contributed by atoms with van der Waals surface area (Å²) in [6.45, 7) is 0.902. The summed E-state index contributed by atoms with van der Waals surface area (Å²) < 4.78 is 24.5. The van der Waals surface area contributed by atoms with E-state index in [0.29, 0.717) is 35.7 Å². The van der Waals surface area contributed by atoms with E-state index in [9.17, 15) is 4.39 Å². The second-order valence-electron chi connectivity index (χ2n) is 4.89. The van der Waals surface area contributed by atoms with E-state index >= 15 is 0 Å². The molecule has 1 N–H and O–H groups in total. The van der Waals surface area contributed by atoms with Crippen LogP contribution in [0.5, 0.6) is 5.75 Å². The van der Waals surface area contributed by atoms with Gasteiger partial charge in [-0.25, -0.2) is 14.4 Å². The van der Waals surface area contributed by atoms with Crippen molar-refractivity contribution in [2.75, 3.05) is 25.6 Å². The molecule has 0 saturated carbocycles. The third-order valence-corrected chi connectivity index (χ3v) is 3.58. The molecule has 0 spiro atoms. The lowest BCUT2D eigenvalue weighted by Crippen LogP contribution is -2.04. The fourth-order valence-corrected chi connectivity index (χ4v) is 2.30. The van der Waals surface area contributed by atoms with E-state index in [-0.39, 0.29) is 10.7 Å². The standard InChI is InChI=1S/C17H14ClFN3O2/c1-23-7-8-24-11-5-6-12-15(9-11)20-10-21-17(12)22-14-4-2-3-13(18)16(14)19/h2-4,6,9-10H,7-8H2,1H3,(H,20,21,22). The molecule has 1 heterocycles. The highest BCUT2D eigenvalue weighted by Gasteiger charge is 2.10. The van der Waals surface area contributed by atoms with E-state index in [4.69, 9.17) is 21.1 Å². The third kappa shape index (κ3) is 3.55. The van der Waals surface area contributed by atoms with E-state index < -0.39 is 5.82 Å². The SMILES string of the molecule is COCCOc1[c]cc2c(Nc3cccc(Cl)c3F)ncnc2c1. The van der Waals surface area contributed by atoms with Crippen LogP contribution >= 0.6 is 11.6 Å². The van der Waals surface area contributed by atoms with Crippen molar-refractivity contribution in [1.29, 1.82) is 0 Å². The first-order valence-corrected chi connectivity index (χ1v) is 7.56. The molecule has 0 bridgehead atoms. The third-order valence-electron chi connectivity index (χ3n) is 3.29. The van der Waals surface area contributed by atoms with Crippen LogP contribution in [0, 0.1) is 11.9 Å².